The summed E-state index contributed by atoms with van der Waals surface area (Å²) >= 11 is 0. The van der Waals surface area contributed by atoms with E-state index in [4.69, 9.17) is 0 Å². The van der Waals surface area contributed by atoms with Gasteiger partial charge >= 0.3 is 0 Å². The standard InChI is InChI=1S/C15H19N5O/c1-2-13(20-8-4-7-18-20)15(21)17-10-14-16-9-11-5-3-6-12(11)19-14/h4,7-9,13H,2-3,5-6,10H2,1H3,(H,17,21)/t13-/m0/s1. The maximum absolute atomic E-state index is 12.3. The van der Waals surface area contributed by atoms with Crippen molar-refractivity contribution in [3.63, 3.8) is 0 Å². The van der Waals surface area contributed by atoms with Gasteiger partial charge in [0.2, 0.25) is 5.91 Å². The fraction of sp³-hybridized carbons (Fsp3) is 0.467. The van der Waals surface area contributed by atoms with Gasteiger partial charge in [0.15, 0.2) is 0 Å². The Morgan fingerprint density at radius 2 is 2.38 bits per heavy atom. The molecule has 0 unspecified atom stereocenters. The topological polar surface area (TPSA) is 72.7 Å². The number of hydrogen-bond donors (Lipinski definition) is 1. The number of amides is 1. The molecule has 1 amide bonds. The number of nitrogens with zero attached hydrogens (tertiary/aromatic N) is 4. The van der Waals surface area contributed by atoms with Crippen molar-refractivity contribution in [3.05, 3.63) is 41.7 Å². The third-order valence-corrected chi connectivity index (χ3v) is 3.82. The maximum atomic E-state index is 12.3. The van der Waals surface area contributed by atoms with E-state index < -0.39 is 0 Å². The van der Waals surface area contributed by atoms with E-state index in [9.17, 15) is 4.79 Å². The van der Waals surface area contributed by atoms with Gasteiger partial charge < -0.3 is 5.32 Å². The average molecular weight is 285 g/mol. The van der Waals surface area contributed by atoms with Gasteiger partial charge in [0, 0.05) is 24.3 Å². The number of rotatable bonds is 5. The highest BCUT2D eigenvalue weighted by atomic mass is 16.2. The lowest BCUT2D eigenvalue weighted by Gasteiger charge is -2.15. The van der Waals surface area contributed by atoms with Crippen LogP contribution in [-0.2, 0) is 24.2 Å². The molecule has 0 fully saturated rings. The van der Waals surface area contributed by atoms with Crippen LogP contribution in [0.15, 0.2) is 24.7 Å². The van der Waals surface area contributed by atoms with Crippen LogP contribution in [0.2, 0.25) is 0 Å². The lowest BCUT2D eigenvalue weighted by atomic mass is 10.2. The molecular formula is C15H19N5O. The molecule has 0 aromatic carbocycles. The molecule has 6 nitrogen and oxygen atoms in total. The van der Waals surface area contributed by atoms with Crippen molar-refractivity contribution in [1.82, 2.24) is 25.1 Å². The highest BCUT2D eigenvalue weighted by Crippen LogP contribution is 2.18. The Morgan fingerprint density at radius 3 is 3.14 bits per heavy atom. The Balaban J connectivity index is 1.63. The van der Waals surface area contributed by atoms with Crippen LogP contribution in [0.5, 0.6) is 0 Å². The first-order valence-corrected chi connectivity index (χ1v) is 7.38. The number of carbonyl (C=O) groups excluding carboxylic acids is 1. The van der Waals surface area contributed by atoms with Crippen molar-refractivity contribution < 1.29 is 4.79 Å². The van der Waals surface area contributed by atoms with E-state index in [1.165, 1.54) is 5.56 Å². The van der Waals surface area contributed by atoms with Crippen molar-refractivity contribution >= 4 is 5.91 Å². The highest BCUT2D eigenvalue weighted by Gasteiger charge is 2.19. The SMILES string of the molecule is CC[C@@H](C(=O)NCc1ncc2c(n1)CCC2)n1cccn1. The summed E-state index contributed by atoms with van der Waals surface area (Å²) in [6.45, 7) is 2.34. The van der Waals surface area contributed by atoms with Crippen LogP contribution in [0.25, 0.3) is 0 Å². The lowest BCUT2D eigenvalue weighted by Crippen LogP contribution is -2.32. The largest absolute Gasteiger partial charge is 0.347 e. The smallest absolute Gasteiger partial charge is 0.245 e. The van der Waals surface area contributed by atoms with Gasteiger partial charge in [-0.25, -0.2) is 9.97 Å². The molecule has 110 valence electrons. The minimum absolute atomic E-state index is 0.0506. The summed E-state index contributed by atoms with van der Waals surface area (Å²) < 4.78 is 1.68. The van der Waals surface area contributed by atoms with Gasteiger partial charge in [-0.2, -0.15) is 5.10 Å². The molecule has 2 aromatic heterocycles. The van der Waals surface area contributed by atoms with Gasteiger partial charge in [0.05, 0.1) is 6.54 Å². The zero-order valence-corrected chi connectivity index (χ0v) is 12.1. The van der Waals surface area contributed by atoms with Crippen molar-refractivity contribution in [1.29, 1.82) is 0 Å². The second-order valence-electron chi connectivity index (χ2n) is 5.24. The number of aromatic nitrogens is 4. The van der Waals surface area contributed by atoms with E-state index in [0.717, 1.165) is 25.0 Å². The maximum Gasteiger partial charge on any atom is 0.245 e. The van der Waals surface area contributed by atoms with Crippen LogP contribution in [0.3, 0.4) is 0 Å². The predicted molar refractivity (Wildman–Crippen MR) is 77.5 cm³/mol. The molecule has 6 heteroatoms. The van der Waals surface area contributed by atoms with Gasteiger partial charge in [-0.15, -0.1) is 0 Å². The summed E-state index contributed by atoms with van der Waals surface area (Å²) in [4.78, 5) is 21.1. The summed E-state index contributed by atoms with van der Waals surface area (Å²) in [6.07, 6.45) is 9.30. The minimum Gasteiger partial charge on any atom is -0.347 e. The highest BCUT2D eigenvalue weighted by molar-refractivity contribution is 5.79. The molecule has 21 heavy (non-hydrogen) atoms. The summed E-state index contributed by atoms with van der Waals surface area (Å²) in [5.74, 6) is 0.629. The molecule has 0 saturated carbocycles. The van der Waals surface area contributed by atoms with E-state index in [0.29, 0.717) is 18.8 Å². The fourth-order valence-corrected chi connectivity index (χ4v) is 2.68. The van der Waals surface area contributed by atoms with Crippen LogP contribution in [-0.4, -0.2) is 25.7 Å². The molecular weight excluding hydrogens is 266 g/mol. The van der Waals surface area contributed by atoms with Crippen LogP contribution in [0, 0.1) is 0 Å². The quantitative estimate of drug-likeness (QED) is 0.902. The number of nitrogens with one attached hydrogen (secondary N) is 1. The van der Waals surface area contributed by atoms with Crippen molar-refractivity contribution in [2.75, 3.05) is 0 Å². The molecule has 2 aromatic rings. The Labute approximate surface area is 123 Å². The monoisotopic (exact) mass is 285 g/mol. The summed E-state index contributed by atoms with van der Waals surface area (Å²) in [5, 5.41) is 7.04. The molecule has 0 radical (unpaired) electrons. The summed E-state index contributed by atoms with van der Waals surface area (Å²) in [7, 11) is 0. The Morgan fingerprint density at radius 1 is 1.48 bits per heavy atom. The minimum atomic E-state index is -0.283. The first-order chi connectivity index (χ1) is 10.3. The van der Waals surface area contributed by atoms with Crippen LogP contribution < -0.4 is 5.32 Å². The van der Waals surface area contributed by atoms with Gasteiger partial charge in [-0.05, 0) is 37.3 Å². The number of aryl methyl sites for hydroxylation is 2. The first kappa shape index (κ1) is 13.7. The van der Waals surface area contributed by atoms with Crippen LogP contribution in [0.4, 0.5) is 0 Å². The summed E-state index contributed by atoms with van der Waals surface area (Å²) in [5.41, 5.74) is 2.38. The van der Waals surface area contributed by atoms with Crippen molar-refractivity contribution in [3.8, 4) is 0 Å². The first-order valence-electron chi connectivity index (χ1n) is 7.38. The predicted octanol–water partition coefficient (Wildman–Crippen LogP) is 1.43. The molecule has 1 aliphatic carbocycles. The molecule has 2 heterocycles. The fourth-order valence-electron chi connectivity index (χ4n) is 2.68. The average Bonchev–Trinajstić information content (AvgIpc) is 3.16. The molecule has 0 saturated heterocycles. The third-order valence-electron chi connectivity index (χ3n) is 3.82. The zero-order chi connectivity index (χ0) is 14.7. The second-order valence-corrected chi connectivity index (χ2v) is 5.24. The normalized spacial score (nSPS) is 14.7. The van der Waals surface area contributed by atoms with Crippen molar-refractivity contribution in [2.24, 2.45) is 0 Å². The molecule has 3 rings (SSSR count). The Hall–Kier alpha value is -2.24. The van der Waals surface area contributed by atoms with Crippen molar-refractivity contribution in [2.45, 2.75) is 45.2 Å². The molecule has 0 aliphatic heterocycles. The van der Waals surface area contributed by atoms with Gasteiger partial charge in [-0.3, -0.25) is 9.48 Å². The molecule has 0 spiro atoms. The second kappa shape index (κ2) is 6.03. The van der Waals surface area contributed by atoms with E-state index in [-0.39, 0.29) is 11.9 Å². The van der Waals surface area contributed by atoms with Crippen LogP contribution in [0.1, 0.15) is 42.9 Å². The molecule has 1 N–H and O–H groups in total. The molecule has 1 aliphatic rings. The zero-order valence-electron chi connectivity index (χ0n) is 12.1. The number of fused-ring (bicyclic) bond motifs is 1. The Bertz CT molecular complexity index is 623. The van der Waals surface area contributed by atoms with Gasteiger partial charge in [0.1, 0.15) is 11.9 Å². The van der Waals surface area contributed by atoms with E-state index >= 15 is 0 Å². The van der Waals surface area contributed by atoms with Gasteiger partial charge in [0.25, 0.3) is 0 Å². The summed E-state index contributed by atoms with van der Waals surface area (Å²) in [6, 6.07) is 1.54. The van der Waals surface area contributed by atoms with E-state index in [2.05, 4.69) is 20.4 Å². The van der Waals surface area contributed by atoms with Gasteiger partial charge in [-0.1, -0.05) is 6.92 Å². The molecule has 0 bridgehead atoms. The third kappa shape index (κ3) is 2.94. The van der Waals surface area contributed by atoms with Crippen LogP contribution >= 0.6 is 0 Å². The number of carbonyl (C=O) groups is 1. The molecule has 1 atom stereocenters. The lowest BCUT2D eigenvalue weighted by molar-refractivity contribution is -0.124. The van der Waals surface area contributed by atoms with E-state index in [1.807, 2.05) is 19.2 Å². The Kier molecular flexibility index (Phi) is 3.94. The van der Waals surface area contributed by atoms with E-state index in [1.54, 1.807) is 17.1 Å². The number of hydrogen-bond acceptors (Lipinski definition) is 4.